The second-order valence-electron chi connectivity index (χ2n) is 4.89. The molecule has 102 valence electrons. The third kappa shape index (κ3) is 3.32. The maximum atomic E-state index is 12.0. The molecule has 1 aliphatic rings. The Morgan fingerprint density at radius 3 is 2.63 bits per heavy atom. The Hall–Kier alpha value is -1.88. The predicted molar refractivity (Wildman–Crippen MR) is 69.5 cm³/mol. The minimum absolute atomic E-state index is 0.0752. The molecule has 2 atom stereocenters. The van der Waals surface area contributed by atoms with Crippen LogP contribution in [-0.4, -0.2) is 22.1 Å². The fourth-order valence-electron chi connectivity index (χ4n) is 2.44. The molecule has 1 fully saturated rings. The summed E-state index contributed by atoms with van der Waals surface area (Å²) < 4.78 is 0. The monoisotopic (exact) mass is 263 g/mol. The largest absolute Gasteiger partial charge is 0.481 e. The lowest BCUT2D eigenvalue weighted by molar-refractivity contribution is -0.141. The highest BCUT2D eigenvalue weighted by molar-refractivity contribution is 5.93. The van der Waals surface area contributed by atoms with E-state index in [0.717, 1.165) is 5.56 Å². The number of nitrogens with one attached hydrogen (secondary N) is 1. The van der Waals surface area contributed by atoms with Crippen molar-refractivity contribution >= 4 is 17.6 Å². The second-order valence-corrected chi connectivity index (χ2v) is 4.89. The van der Waals surface area contributed by atoms with Crippen molar-refractivity contribution in [2.45, 2.75) is 25.9 Å². The molecule has 1 aliphatic carbocycles. The smallest absolute Gasteiger partial charge is 0.306 e. The van der Waals surface area contributed by atoms with Gasteiger partial charge in [-0.1, -0.05) is 12.1 Å². The second kappa shape index (κ2) is 5.84. The Morgan fingerprint density at radius 1 is 1.26 bits per heavy atom. The van der Waals surface area contributed by atoms with Gasteiger partial charge in [0.25, 0.3) is 0 Å². The fourth-order valence-corrected chi connectivity index (χ4v) is 2.44. The highest BCUT2D eigenvalue weighted by Crippen LogP contribution is 2.31. The van der Waals surface area contributed by atoms with Crippen molar-refractivity contribution in [3.05, 3.63) is 29.8 Å². The van der Waals surface area contributed by atoms with Gasteiger partial charge in [0, 0.05) is 11.6 Å². The summed E-state index contributed by atoms with van der Waals surface area (Å²) in [5, 5.41) is 20.7. The van der Waals surface area contributed by atoms with Crippen LogP contribution in [-0.2, 0) is 16.2 Å². The summed E-state index contributed by atoms with van der Waals surface area (Å²) in [6, 6.07) is 6.99. The van der Waals surface area contributed by atoms with Crippen LogP contribution in [0.25, 0.3) is 0 Å². The molecule has 0 aliphatic heterocycles. The summed E-state index contributed by atoms with van der Waals surface area (Å²) in [7, 11) is 0. The average molecular weight is 263 g/mol. The number of anilines is 1. The zero-order valence-corrected chi connectivity index (χ0v) is 10.5. The number of aliphatic carboxylic acids is 1. The first kappa shape index (κ1) is 13.5. The van der Waals surface area contributed by atoms with Gasteiger partial charge in [-0.2, -0.15) is 0 Å². The number of aliphatic hydroxyl groups excluding tert-OH is 1. The maximum Gasteiger partial charge on any atom is 0.306 e. The standard InChI is InChI=1S/C14H17NO4/c16-8-9-2-1-3-12(6-9)15-13(17)10-4-5-11(7-10)14(18)19/h1-3,6,10-11,16H,4-5,7-8H2,(H,15,17)(H,18,19). The summed E-state index contributed by atoms with van der Waals surface area (Å²) >= 11 is 0. The highest BCUT2D eigenvalue weighted by Gasteiger charge is 2.33. The number of carboxylic acids is 1. The molecule has 0 spiro atoms. The van der Waals surface area contributed by atoms with Crippen LogP contribution in [0.3, 0.4) is 0 Å². The molecule has 5 heteroatoms. The van der Waals surface area contributed by atoms with E-state index in [-0.39, 0.29) is 18.4 Å². The van der Waals surface area contributed by atoms with E-state index in [1.807, 2.05) is 0 Å². The molecule has 0 aromatic heterocycles. The lowest BCUT2D eigenvalue weighted by atomic mass is 10.0. The molecule has 0 saturated heterocycles. The van der Waals surface area contributed by atoms with E-state index in [1.165, 1.54) is 0 Å². The molecule has 1 saturated carbocycles. The van der Waals surface area contributed by atoms with Crippen molar-refractivity contribution in [1.82, 2.24) is 0 Å². The molecule has 5 nitrogen and oxygen atoms in total. The third-order valence-corrected chi connectivity index (χ3v) is 3.53. The van der Waals surface area contributed by atoms with Crippen molar-refractivity contribution in [1.29, 1.82) is 0 Å². The van der Waals surface area contributed by atoms with Crippen molar-refractivity contribution in [3.63, 3.8) is 0 Å². The number of benzene rings is 1. The van der Waals surface area contributed by atoms with Crippen LogP contribution in [0.1, 0.15) is 24.8 Å². The van der Waals surface area contributed by atoms with E-state index in [0.29, 0.717) is 24.9 Å². The van der Waals surface area contributed by atoms with Crippen molar-refractivity contribution < 1.29 is 19.8 Å². The van der Waals surface area contributed by atoms with E-state index in [4.69, 9.17) is 10.2 Å². The molecule has 0 radical (unpaired) electrons. The first-order valence-electron chi connectivity index (χ1n) is 6.33. The van der Waals surface area contributed by atoms with Gasteiger partial charge < -0.3 is 15.5 Å². The molecule has 1 aromatic carbocycles. The van der Waals surface area contributed by atoms with Crippen LogP contribution < -0.4 is 5.32 Å². The van der Waals surface area contributed by atoms with Crippen molar-refractivity contribution in [2.75, 3.05) is 5.32 Å². The van der Waals surface area contributed by atoms with Gasteiger partial charge in [0.15, 0.2) is 0 Å². The Bertz CT molecular complexity index is 486. The molecule has 3 N–H and O–H groups in total. The molecule has 0 bridgehead atoms. The molecule has 2 unspecified atom stereocenters. The quantitative estimate of drug-likeness (QED) is 0.770. The van der Waals surface area contributed by atoms with Gasteiger partial charge in [-0.05, 0) is 37.0 Å². The Labute approximate surface area is 111 Å². The lowest BCUT2D eigenvalue weighted by Crippen LogP contribution is -2.21. The van der Waals surface area contributed by atoms with E-state index >= 15 is 0 Å². The molecule has 19 heavy (non-hydrogen) atoms. The Morgan fingerprint density at radius 2 is 2.00 bits per heavy atom. The number of hydrogen-bond acceptors (Lipinski definition) is 3. The zero-order valence-electron chi connectivity index (χ0n) is 10.5. The van der Waals surface area contributed by atoms with Gasteiger partial charge in [0.1, 0.15) is 0 Å². The number of carbonyl (C=O) groups excluding carboxylic acids is 1. The van der Waals surface area contributed by atoms with Crippen LogP contribution in [0.4, 0.5) is 5.69 Å². The summed E-state index contributed by atoms with van der Waals surface area (Å²) in [5.41, 5.74) is 1.36. The van der Waals surface area contributed by atoms with Crippen molar-refractivity contribution in [2.24, 2.45) is 11.8 Å². The minimum Gasteiger partial charge on any atom is -0.481 e. The Balaban J connectivity index is 1.96. The lowest BCUT2D eigenvalue weighted by Gasteiger charge is -2.11. The third-order valence-electron chi connectivity index (χ3n) is 3.53. The minimum atomic E-state index is -0.822. The average Bonchev–Trinajstić information content (AvgIpc) is 2.89. The number of amides is 1. The summed E-state index contributed by atoms with van der Waals surface area (Å²) in [5.74, 6) is -1.60. The SMILES string of the molecule is O=C(O)C1CCC(C(=O)Nc2cccc(CO)c2)C1. The van der Waals surface area contributed by atoms with Gasteiger partial charge in [-0.25, -0.2) is 0 Å². The number of carbonyl (C=O) groups is 2. The Kier molecular flexibility index (Phi) is 4.16. The van der Waals surface area contributed by atoms with E-state index < -0.39 is 11.9 Å². The number of rotatable bonds is 4. The van der Waals surface area contributed by atoms with Gasteiger partial charge >= 0.3 is 5.97 Å². The number of carboxylic acid groups (broad SMARTS) is 1. The summed E-state index contributed by atoms with van der Waals surface area (Å²) in [4.78, 5) is 22.9. The van der Waals surface area contributed by atoms with Crippen LogP contribution in [0.2, 0.25) is 0 Å². The molecule has 2 rings (SSSR count). The summed E-state index contributed by atoms with van der Waals surface area (Å²) in [6.07, 6.45) is 1.58. The number of aliphatic hydroxyl groups is 1. The van der Waals surface area contributed by atoms with Crippen LogP contribution >= 0.6 is 0 Å². The molecular formula is C14H17NO4. The van der Waals surface area contributed by atoms with Gasteiger partial charge in [-0.3, -0.25) is 9.59 Å². The molecule has 0 heterocycles. The van der Waals surface area contributed by atoms with Gasteiger partial charge in [0.05, 0.1) is 12.5 Å². The van der Waals surface area contributed by atoms with Crippen molar-refractivity contribution in [3.8, 4) is 0 Å². The zero-order chi connectivity index (χ0) is 13.8. The van der Waals surface area contributed by atoms with Crippen LogP contribution in [0.5, 0.6) is 0 Å². The summed E-state index contributed by atoms with van der Waals surface area (Å²) in [6.45, 7) is -0.0752. The number of hydrogen-bond donors (Lipinski definition) is 3. The van der Waals surface area contributed by atoms with E-state index in [9.17, 15) is 9.59 Å². The maximum absolute atomic E-state index is 12.0. The fraction of sp³-hybridized carbons (Fsp3) is 0.429. The van der Waals surface area contributed by atoms with Gasteiger partial charge in [-0.15, -0.1) is 0 Å². The molecule has 1 amide bonds. The van der Waals surface area contributed by atoms with Crippen LogP contribution in [0, 0.1) is 11.8 Å². The first-order chi connectivity index (χ1) is 9.10. The van der Waals surface area contributed by atoms with Gasteiger partial charge in [0.2, 0.25) is 5.91 Å². The normalized spacial score (nSPS) is 22.2. The predicted octanol–water partition coefficient (Wildman–Crippen LogP) is 1.62. The highest BCUT2D eigenvalue weighted by atomic mass is 16.4. The molecular weight excluding hydrogens is 246 g/mol. The molecule has 1 aromatic rings. The first-order valence-corrected chi connectivity index (χ1v) is 6.33. The van der Waals surface area contributed by atoms with E-state index in [1.54, 1.807) is 24.3 Å². The van der Waals surface area contributed by atoms with E-state index in [2.05, 4.69) is 5.32 Å². The topological polar surface area (TPSA) is 86.6 Å². The van der Waals surface area contributed by atoms with Crippen LogP contribution in [0.15, 0.2) is 24.3 Å².